The number of hydrazine groups is 1. The Hall–Kier alpha value is -0.870. The van der Waals surface area contributed by atoms with E-state index in [1.54, 1.807) is 0 Å². The summed E-state index contributed by atoms with van der Waals surface area (Å²) in [6.45, 7) is 2.11. The van der Waals surface area contributed by atoms with Gasteiger partial charge in [0.25, 0.3) is 0 Å². The molecule has 1 aromatic rings. The molecule has 0 aromatic heterocycles. The van der Waals surface area contributed by atoms with Crippen molar-refractivity contribution in [2.75, 3.05) is 0 Å². The summed E-state index contributed by atoms with van der Waals surface area (Å²) in [6, 6.07) is 6.28. The molecule has 3 N–H and O–H groups in total. The normalized spacial score (nSPS) is 10.2. The van der Waals surface area contributed by atoms with E-state index in [1.165, 1.54) is 11.1 Å². The van der Waals surface area contributed by atoms with Gasteiger partial charge < -0.3 is 0 Å². The lowest BCUT2D eigenvalue weighted by atomic mass is 10.0. The second-order valence-corrected chi connectivity index (χ2v) is 4.76. The number of unbranched alkanes of at least 4 members (excludes halogenated alkanes) is 1. The Bertz CT molecular complexity index is 366. The summed E-state index contributed by atoms with van der Waals surface area (Å²) < 4.78 is 1.10. The fraction of sp³-hybridized carbons (Fsp3) is 0.417. The first kappa shape index (κ1) is 13.2. The number of carbonyl (C=O) groups excluding carboxylic acids is 1. The largest absolute Gasteiger partial charge is 0.294 e. The van der Waals surface area contributed by atoms with Crippen molar-refractivity contribution in [3.63, 3.8) is 0 Å². The molecular formula is C12H17BrN2O. The molecule has 88 valence electrons. The van der Waals surface area contributed by atoms with Crippen molar-refractivity contribution in [3.05, 3.63) is 33.8 Å². The van der Waals surface area contributed by atoms with Gasteiger partial charge in [-0.1, -0.05) is 22.0 Å². The maximum Gasteiger partial charge on any atom is 0.233 e. The predicted octanol–water partition coefficient (Wildman–Crippen LogP) is 2.46. The topological polar surface area (TPSA) is 55.1 Å². The van der Waals surface area contributed by atoms with Crippen molar-refractivity contribution in [3.8, 4) is 0 Å². The van der Waals surface area contributed by atoms with Gasteiger partial charge in [0.1, 0.15) is 0 Å². The van der Waals surface area contributed by atoms with E-state index >= 15 is 0 Å². The van der Waals surface area contributed by atoms with Crippen molar-refractivity contribution in [2.45, 2.75) is 32.6 Å². The first-order valence-electron chi connectivity index (χ1n) is 5.38. The number of halogens is 1. The highest BCUT2D eigenvalue weighted by atomic mass is 79.9. The first-order valence-corrected chi connectivity index (χ1v) is 6.17. The van der Waals surface area contributed by atoms with E-state index in [1.807, 2.05) is 6.07 Å². The van der Waals surface area contributed by atoms with Gasteiger partial charge >= 0.3 is 0 Å². The molecule has 0 saturated carbocycles. The maximum atomic E-state index is 10.9. The Kier molecular flexibility index (Phi) is 5.49. The van der Waals surface area contributed by atoms with Crippen LogP contribution in [-0.2, 0) is 11.2 Å². The number of amides is 1. The second-order valence-electron chi connectivity index (χ2n) is 3.85. The predicted molar refractivity (Wildman–Crippen MR) is 68.8 cm³/mol. The number of benzene rings is 1. The maximum absolute atomic E-state index is 10.9. The van der Waals surface area contributed by atoms with Crippen LogP contribution in [0.5, 0.6) is 0 Å². The van der Waals surface area contributed by atoms with E-state index in [0.717, 1.165) is 23.7 Å². The van der Waals surface area contributed by atoms with Crippen LogP contribution in [0.1, 0.15) is 30.4 Å². The molecule has 0 unspecified atom stereocenters. The molecule has 0 saturated heterocycles. The van der Waals surface area contributed by atoms with Gasteiger partial charge in [-0.05, 0) is 49.4 Å². The average molecular weight is 285 g/mol. The van der Waals surface area contributed by atoms with Crippen LogP contribution in [0, 0.1) is 6.92 Å². The Balaban J connectivity index is 2.37. The summed E-state index contributed by atoms with van der Waals surface area (Å²) >= 11 is 3.46. The van der Waals surface area contributed by atoms with Gasteiger partial charge in [-0.15, -0.1) is 0 Å². The van der Waals surface area contributed by atoms with Gasteiger partial charge in [-0.2, -0.15) is 0 Å². The number of nitrogens with one attached hydrogen (secondary N) is 1. The SMILES string of the molecule is Cc1ccc(Br)cc1CCCCC(=O)NN. The van der Waals surface area contributed by atoms with Crippen molar-refractivity contribution >= 4 is 21.8 Å². The molecule has 0 radical (unpaired) electrons. The number of carbonyl (C=O) groups is 1. The van der Waals surface area contributed by atoms with Crippen LogP contribution in [0.3, 0.4) is 0 Å². The first-order chi connectivity index (χ1) is 7.63. The molecule has 0 aliphatic rings. The lowest BCUT2D eigenvalue weighted by Gasteiger charge is -2.06. The highest BCUT2D eigenvalue weighted by Crippen LogP contribution is 2.18. The molecule has 4 heteroatoms. The summed E-state index contributed by atoms with van der Waals surface area (Å²) in [5.41, 5.74) is 4.77. The summed E-state index contributed by atoms with van der Waals surface area (Å²) in [4.78, 5) is 10.9. The smallest absolute Gasteiger partial charge is 0.233 e. The minimum atomic E-state index is -0.0917. The molecule has 1 amide bonds. The summed E-state index contributed by atoms with van der Waals surface area (Å²) in [7, 11) is 0. The fourth-order valence-electron chi connectivity index (χ4n) is 1.58. The molecule has 0 heterocycles. The van der Waals surface area contributed by atoms with Crippen LogP contribution in [0.15, 0.2) is 22.7 Å². The Morgan fingerprint density at radius 2 is 2.19 bits per heavy atom. The lowest BCUT2D eigenvalue weighted by Crippen LogP contribution is -2.29. The molecule has 16 heavy (non-hydrogen) atoms. The standard InChI is InChI=1S/C12H17BrN2O/c1-9-6-7-11(13)8-10(9)4-2-3-5-12(16)15-14/h6-8H,2-5,14H2,1H3,(H,15,16). The van der Waals surface area contributed by atoms with Crippen molar-refractivity contribution in [2.24, 2.45) is 5.84 Å². The van der Waals surface area contributed by atoms with Gasteiger partial charge in [-0.3, -0.25) is 10.2 Å². The van der Waals surface area contributed by atoms with Crippen molar-refractivity contribution in [1.82, 2.24) is 5.43 Å². The highest BCUT2D eigenvalue weighted by molar-refractivity contribution is 9.10. The number of nitrogens with two attached hydrogens (primary N) is 1. The number of aryl methyl sites for hydroxylation is 2. The van der Waals surface area contributed by atoms with Gasteiger partial charge in [0.05, 0.1) is 0 Å². The van der Waals surface area contributed by atoms with Crippen LogP contribution in [0.2, 0.25) is 0 Å². The molecule has 0 atom stereocenters. The minimum Gasteiger partial charge on any atom is -0.294 e. The molecule has 1 aromatic carbocycles. The molecular weight excluding hydrogens is 268 g/mol. The van der Waals surface area contributed by atoms with E-state index in [4.69, 9.17) is 5.84 Å². The van der Waals surface area contributed by atoms with Crippen LogP contribution < -0.4 is 11.3 Å². The van der Waals surface area contributed by atoms with Crippen molar-refractivity contribution < 1.29 is 4.79 Å². The number of rotatable bonds is 5. The summed E-state index contributed by atoms with van der Waals surface area (Å²) in [5.74, 6) is 4.91. The Labute approximate surface area is 105 Å². The Morgan fingerprint density at radius 1 is 1.44 bits per heavy atom. The van der Waals surface area contributed by atoms with E-state index in [-0.39, 0.29) is 5.91 Å². The highest BCUT2D eigenvalue weighted by Gasteiger charge is 2.01. The van der Waals surface area contributed by atoms with Crippen LogP contribution in [0.25, 0.3) is 0 Å². The number of hydrogen-bond acceptors (Lipinski definition) is 2. The van der Waals surface area contributed by atoms with Crippen molar-refractivity contribution in [1.29, 1.82) is 0 Å². The van der Waals surface area contributed by atoms with Gasteiger partial charge in [0.15, 0.2) is 0 Å². The molecule has 1 rings (SSSR count). The zero-order chi connectivity index (χ0) is 12.0. The average Bonchev–Trinajstić information content (AvgIpc) is 2.28. The molecule has 3 nitrogen and oxygen atoms in total. The van der Waals surface area contributed by atoms with Crippen LogP contribution in [-0.4, -0.2) is 5.91 Å². The monoisotopic (exact) mass is 284 g/mol. The molecule has 0 spiro atoms. The molecule has 0 bridgehead atoms. The third kappa shape index (κ3) is 4.33. The third-order valence-corrected chi connectivity index (χ3v) is 3.07. The van der Waals surface area contributed by atoms with Gasteiger partial charge in [0, 0.05) is 10.9 Å². The molecule has 0 aliphatic heterocycles. The molecule has 0 aliphatic carbocycles. The number of hydrogen-bond donors (Lipinski definition) is 2. The van der Waals surface area contributed by atoms with Crippen LogP contribution >= 0.6 is 15.9 Å². The summed E-state index contributed by atoms with van der Waals surface area (Å²) in [6.07, 6.45) is 3.38. The lowest BCUT2D eigenvalue weighted by molar-refractivity contribution is -0.121. The van der Waals surface area contributed by atoms with Gasteiger partial charge in [-0.25, -0.2) is 5.84 Å². The third-order valence-electron chi connectivity index (χ3n) is 2.57. The summed E-state index contributed by atoms with van der Waals surface area (Å²) in [5, 5.41) is 0. The zero-order valence-electron chi connectivity index (χ0n) is 9.42. The second kappa shape index (κ2) is 6.66. The minimum absolute atomic E-state index is 0.0917. The fourth-order valence-corrected chi connectivity index (χ4v) is 1.99. The quantitative estimate of drug-likeness (QED) is 0.378. The van der Waals surface area contributed by atoms with E-state index < -0.39 is 0 Å². The Morgan fingerprint density at radius 3 is 2.88 bits per heavy atom. The zero-order valence-corrected chi connectivity index (χ0v) is 11.0. The van der Waals surface area contributed by atoms with E-state index in [9.17, 15) is 4.79 Å². The van der Waals surface area contributed by atoms with E-state index in [0.29, 0.717) is 6.42 Å². The van der Waals surface area contributed by atoms with E-state index in [2.05, 4.69) is 40.4 Å². The van der Waals surface area contributed by atoms with Crippen LogP contribution in [0.4, 0.5) is 0 Å². The van der Waals surface area contributed by atoms with Gasteiger partial charge in [0.2, 0.25) is 5.91 Å². The molecule has 0 fully saturated rings.